The molecular weight excluding hydrogens is 630 g/mol. The molecule has 47 heavy (non-hydrogen) atoms. The van der Waals surface area contributed by atoms with E-state index in [-0.39, 0.29) is 22.6 Å². The Bertz CT molecular complexity index is 2310. The number of carboxylic acids is 1. The van der Waals surface area contributed by atoms with Crippen molar-refractivity contribution < 1.29 is 23.6 Å². The molecule has 4 aromatic heterocycles. The molecule has 0 saturated carbocycles. The van der Waals surface area contributed by atoms with E-state index in [1.165, 1.54) is 43.2 Å². The lowest BCUT2D eigenvalue weighted by Crippen LogP contribution is -2.05. The van der Waals surface area contributed by atoms with E-state index in [1.54, 1.807) is 61.0 Å². The number of aromatic amines is 1. The van der Waals surface area contributed by atoms with E-state index in [4.69, 9.17) is 0 Å². The summed E-state index contributed by atoms with van der Waals surface area (Å²) < 4.78 is 29.2. The second-order valence-corrected chi connectivity index (χ2v) is 11.1. The van der Waals surface area contributed by atoms with E-state index >= 15 is 0 Å². The fraction of sp³-hybridized carbons (Fsp3) is 0.0625. The molecule has 0 radical (unpaired) electrons. The molecule has 0 bridgehead atoms. The molecule has 0 unspecified atom stereocenters. The first-order valence-corrected chi connectivity index (χ1v) is 14.6. The molecule has 7 aromatic rings. The van der Waals surface area contributed by atoms with Gasteiger partial charge < -0.3 is 24.8 Å². The molecule has 2 N–H and O–H groups in total. The number of halogens is 2. The number of carboxylic acid groups (broad SMARTS) is 1. The van der Waals surface area contributed by atoms with Gasteiger partial charge in [-0.2, -0.15) is 0 Å². The zero-order valence-electron chi connectivity index (χ0n) is 24.5. The number of H-pyrrole nitrogens is 1. The molecule has 0 spiro atoms. The van der Waals surface area contributed by atoms with E-state index in [2.05, 4.69) is 29.9 Å². The van der Waals surface area contributed by atoms with Gasteiger partial charge in [-0.25, -0.2) is 33.5 Å². The highest BCUT2D eigenvalue weighted by molar-refractivity contribution is 7.99. The van der Waals surface area contributed by atoms with E-state index in [0.717, 1.165) is 11.8 Å². The van der Waals surface area contributed by atoms with Crippen molar-refractivity contribution in [3.05, 3.63) is 119 Å². The van der Waals surface area contributed by atoms with Crippen molar-refractivity contribution in [3.63, 3.8) is 0 Å². The number of aromatic nitrogens is 7. The molecule has 0 aliphatic carbocycles. The van der Waals surface area contributed by atoms with Crippen molar-refractivity contribution in [1.82, 2.24) is 34.5 Å². The summed E-state index contributed by atoms with van der Waals surface area (Å²) in [6.45, 7) is 1.65. The molecule has 0 atom stereocenters. The highest BCUT2D eigenvalue weighted by atomic mass is 32.2. The van der Waals surface area contributed by atoms with Crippen LogP contribution in [0.25, 0.3) is 44.5 Å². The molecule has 0 aliphatic heterocycles. The van der Waals surface area contributed by atoms with E-state index in [0.29, 0.717) is 54.7 Å². The van der Waals surface area contributed by atoms with Crippen LogP contribution in [0.1, 0.15) is 15.9 Å². The van der Waals surface area contributed by atoms with Gasteiger partial charge in [0, 0.05) is 23.6 Å². The lowest BCUT2D eigenvalue weighted by atomic mass is 9.96. The average molecular weight is 653 g/mol. The minimum absolute atomic E-state index is 0.0256. The molecule has 7 rings (SSSR count). The summed E-state index contributed by atoms with van der Waals surface area (Å²) in [5, 5.41) is 21.8. The second-order valence-electron chi connectivity index (χ2n) is 10.1. The number of aromatic carboxylic acids is 1. The van der Waals surface area contributed by atoms with Gasteiger partial charge in [-0.05, 0) is 64.0 Å². The van der Waals surface area contributed by atoms with Crippen LogP contribution >= 0.6 is 11.8 Å². The fourth-order valence-corrected chi connectivity index (χ4v) is 5.90. The fourth-order valence-electron chi connectivity index (χ4n) is 4.95. The molecule has 15 heteroatoms. The molecule has 4 heterocycles. The Labute approximate surface area is 268 Å². The number of benzene rings is 3. The highest BCUT2D eigenvalue weighted by Crippen LogP contribution is 2.35. The normalized spacial score (nSPS) is 11.0. The van der Waals surface area contributed by atoms with Crippen LogP contribution in [-0.4, -0.2) is 50.5 Å². The maximum absolute atomic E-state index is 14.0. The maximum atomic E-state index is 14.0. The summed E-state index contributed by atoms with van der Waals surface area (Å²) in [6.07, 6.45) is 4.26. The molecule has 234 valence electrons. The highest BCUT2D eigenvalue weighted by Gasteiger charge is 2.23. The number of pyridine rings is 1. The van der Waals surface area contributed by atoms with E-state index in [9.17, 15) is 28.8 Å². The first-order chi connectivity index (χ1) is 22.6. The van der Waals surface area contributed by atoms with Crippen LogP contribution in [0.15, 0.2) is 95.8 Å². The Morgan fingerprint density at radius 3 is 2.47 bits per heavy atom. The zero-order valence-corrected chi connectivity index (χ0v) is 25.4. The maximum Gasteiger partial charge on any atom is 0.396 e. The van der Waals surface area contributed by atoms with Crippen molar-refractivity contribution >= 4 is 45.6 Å². The zero-order chi connectivity index (χ0) is 33.2. The lowest BCUT2D eigenvalue weighted by molar-refractivity contribution is -0.392. The molecule has 0 fully saturated rings. The number of rotatable bonds is 6. The lowest BCUT2D eigenvalue weighted by Gasteiger charge is -2.13. The quantitative estimate of drug-likeness (QED) is 0.108. The number of hydrogen-bond donors (Lipinski definition) is 2. The van der Waals surface area contributed by atoms with Crippen LogP contribution in [0.3, 0.4) is 0 Å². The number of nitrogens with zero attached hydrogens (tertiary/aromatic N) is 7. The third kappa shape index (κ3) is 6.11. The van der Waals surface area contributed by atoms with Crippen LogP contribution < -0.4 is 0 Å². The van der Waals surface area contributed by atoms with Crippen LogP contribution in [0.4, 0.5) is 14.6 Å². The Balaban J connectivity index is 0.000000177. The Kier molecular flexibility index (Phi) is 8.37. The molecule has 0 aliphatic rings. The predicted molar refractivity (Wildman–Crippen MR) is 170 cm³/mol. The van der Waals surface area contributed by atoms with E-state index < -0.39 is 16.7 Å². The minimum Gasteiger partial charge on any atom is -0.478 e. The SMILES string of the molecule is Cc1c(-c2ccc(-c3ccccc3F)cc2)nc2ccc(F)cc2c1C(=O)O.Cn1cnc([N+](=O)[O-])c1Sc1ncnc2nc[nH]c12. The summed E-state index contributed by atoms with van der Waals surface area (Å²) in [4.78, 5) is 45.5. The summed E-state index contributed by atoms with van der Waals surface area (Å²) in [6, 6.07) is 17.5. The smallest absolute Gasteiger partial charge is 0.396 e. The topological polar surface area (TPSA) is 166 Å². The second kappa shape index (κ2) is 12.7. The molecular formula is C32H22F2N8O4S. The first-order valence-electron chi connectivity index (χ1n) is 13.8. The van der Waals surface area contributed by atoms with Crippen LogP contribution in [-0.2, 0) is 7.05 Å². The largest absolute Gasteiger partial charge is 0.478 e. The predicted octanol–water partition coefficient (Wildman–Crippen LogP) is 7.00. The van der Waals surface area contributed by atoms with Gasteiger partial charge in [-0.1, -0.05) is 42.5 Å². The number of carbonyl (C=O) groups is 1. The molecule has 0 amide bonds. The van der Waals surface area contributed by atoms with Crippen molar-refractivity contribution in [1.29, 1.82) is 0 Å². The summed E-state index contributed by atoms with van der Waals surface area (Å²) in [5.74, 6) is -2.16. The summed E-state index contributed by atoms with van der Waals surface area (Å²) in [7, 11) is 1.69. The third-order valence-corrected chi connectivity index (χ3v) is 8.33. The summed E-state index contributed by atoms with van der Waals surface area (Å²) in [5.41, 5.74) is 4.42. The number of imidazole rings is 2. The van der Waals surface area contributed by atoms with Crippen molar-refractivity contribution in [2.24, 2.45) is 7.05 Å². The molecule has 12 nitrogen and oxygen atoms in total. The summed E-state index contributed by atoms with van der Waals surface area (Å²) >= 11 is 1.15. The minimum atomic E-state index is -1.14. The molecule has 0 saturated heterocycles. The Morgan fingerprint density at radius 2 is 1.74 bits per heavy atom. The Hall–Kier alpha value is -6.09. The van der Waals surface area contributed by atoms with E-state index in [1.807, 2.05) is 0 Å². The first kappa shape index (κ1) is 30.9. The van der Waals surface area contributed by atoms with Gasteiger partial charge >= 0.3 is 11.8 Å². The van der Waals surface area contributed by atoms with Gasteiger partial charge in [0.15, 0.2) is 10.7 Å². The Morgan fingerprint density at radius 1 is 1.00 bits per heavy atom. The van der Waals surface area contributed by atoms with Gasteiger partial charge in [0.2, 0.25) is 6.33 Å². The van der Waals surface area contributed by atoms with Crippen LogP contribution in [0.5, 0.6) is 0 Å². The standard InChI is InChI=1S/C23H15F2NO2.C9H7N7O2S/c1-13-21(23(27)28)18-12-16(24)10-11-20(18)26-22(13)15-8-6-14(7-9-15)17-4-2-3-5-19(17)25;1-15-4-14-7(16(17)18)9(15)19-8-5-6(11-2-10-5)12-3-13-8/h2-12H,1H3,(H,27,28);2-4H,1H3,(H,10,11,12,13). The van der Waals surface area contributed by atoms with Gasteiger partial charge in [0.25, 0.3) is 0 Å². The number of hydrogen-bond acceptors (Lipinski definition) is 9. The van der Waals surface area contributed by atoms with Gasteiger partial charge in [-0.3, -0.25) is 0 Å². The number of nitro groups is 1. The van der Waals surface area contributed by atoms with Crippen molar-refractivity contribution in [2.45, 2.75) is 17.0 Å². The van der Waals surface area contributed by atoms with Gasteiger partial charge in [0.1, 0.15) is 28.5 Å². The van der Waals surface area contributed by atoms with Crippen LogP contribution in [0.2, 0.25) is 0 Å². The number of fused-ring (bicyclic) bond motifs is 2. The van der Waals surface area contributed by atoms with Gasteiger partial charge in [0.05, 0.1) is 23.1 Å². The van der Waals surface area contributed by atoms with Crippen molar-refractivity contribution in [2.75, 3.05) is 0 Å². The average Bonchev–Trinajstić information content (AvgIpc) is 3.68. The molecule has 3 aromatic carbocycles. The third-order valence-electron chi connectivity index (χ3n) is 7.17. The number of aryl methyl sites for hydroxylation is 1. The number of nitrogens with one attached hydrogen (secondary N) is 1. The van der Waals surface area contributed by atoms with Crippen LogP contribution in [0, 0.1) is 28.7 Å². The van der Waals surface area contributed by atoms with Gasteiger partial charge in [-0.15, -0.1) is 0 Å². The van der Waals surface area contributed by atoms with Crippen molar-refractivity contribution in [3.8, 4) is 22.4 Å². The monoisotopic (exact) mass is 652 g/mol.